The van der Waals surface area contributed by atoms with Crippen LogP contribution >= 0.6 is 11.6 Å². The SMILES string of the molecule is O=c1c2ccccc2ncn1C/C=C/c1cccc(Cl)c1. The van der Waals surface area contributed by atoms with E-state index in [9.17, 15) is 4.79 Å². The molecular weight excluding hydrogens is 284 g/mol. The molecule has 2 aromatic carbocycles. The van der Waals surface area contributed by atoms with Gasteiger partial charge in [-0.05, 0) is 29.8 Å². The first-order valence-electron chi connectivity index (χ1n) is 6.60. The summed E-state index contributed by atoms with van der Waals surface area (Å²) in [6.45, 7) is 0.475. The molecule has 0 saturated heterocycles. The Morgan fingerprint density at radius 1 is 1.14 bits per heavy atom. The fourth-order valence-electron chi connectivity index (χ4n) is 2.15. The van der Waals surface area contributed by atoms with Gasteiger partial charge >= 0.3 is 0 Å². The van der Waals surface area contributed by atoms with Crippen LogP contribution in [0, 0.1) is 0 Å². The lowest BCUT2D eigenvalue weighted by atomic mass is 10.2. The Kier molecular flexibility index (Phi) is 3.84. The van der Waals surface area contributed by atoms with Gasteiger partial charge in [0.2, 0.25) is 0 Å². The minimum Gasteiger partial charge on any atom is -0.295 e. The summed E-state index contributed by atoms with van der Waals surface area (Å²) in [6, 6.07) is 14.9. The first kappa shape index (κ1) is 13.6. The number of benzene rings is 2. The molecule has 0 aliphatic carbocycles. The summed E-state index contributed by atoms with van der Waals surface area (Å²) < 4.78 is 1.59. The topological polar surface area (TPSA) is 34.9 Å². The average molecular weight is 297 g/mol. The highest BCUT2D eigenvalue weighted by atomic mass is 35.5. The van der Waals surface area contributed by atoms with Crippen LogP contribution in [0.4, 0.5) is 0 Å². The summed E-state index contributed by atoms with van der Waals surface area (Å²) in [5.74, 6) is 0. The second kappa shape index (κ2) is 5.94. The molecule has 104 valence electrons. The molecule has 1 heterocycles. The van der Waals surface area contributed by atoms with Crippen LogP contribution in [0.2, 0.25) is 5.02 Å². The van der Waals surface area contributed by atoms with Crippen LogP contribution in [0.1, 0.15) is 5.56 Å². The number of nitrogens with zero attached hydrogens (tertiary/aromatic N) is 2. The highest BCUT2D eigenvalue weighted by Crippen LogP contribution is 2.12. The number of hydrogen-bond donors (Lipinski definition) is 0. The molecule has 21 heavy (non-hydrogen) atoms. The van der Waals surface area contributed by atoms with Crippen LogP contribution in [0.3, 0.4) is 0 Å². The molecule has 3 rings (SSSR count). The number of aromatic nitrogens is 2. The van der Waals surface area contributed by atoms with Crippen LogP contribution in [-0.2, 0) is 6.54 Å². The van der Waals surface area contributed by atoms with Gasteiger partial charge in [0.25, 0.3) is 5.56 Å². The molecule has 0 aliphatic heterocycles. The van der Waals surface area contributed by atoms with Crippen molar-refractivity contribution in [2.45, 2.75) is 6.54 Å². The normalized spacial score (nSPS) is 11.3. The summed E-state index contributed by atoms with van der Waals surface area (Å²) >= 11 is 5.93. The van der Waals surface area contributed by atoms with E-state index in [4.69, 9.17) is 11.6 Å². The molecule has 0 saturated carbocycles. The zero-order valence-corrected chi connectivity index (χ0v) is 12.0. The van der Waals surface area contributed by atoms with Crippen molar-refractivity contribution in [2.75, 3.05) is 0 Å². The third kappa shape index (κ3) is 3.03. The van der Waals surface area contributed by atoms with E-state index < -0.39 is 0 Å². The standard InChI is InChI=1S/C17H13ClN2O/c18-14-7-3-5-13(11-14)6-4-10-20-12-19-16-9-2-1-8-15(16)17(20)21/h1-9,11-12H,10H2/b6-4+. The molecule has 0 aliphatic rings. The van der Waals surface area contributed by atoms with E-state index >= 15 is 0 Å². The first-order valence-corrected chi connectivity index (χ1v) is 6.98. The minimum atomic E-state index is -0.0312. The van der Waals surface area contributed by atoms with Gasteiger partial charge in [-0.25, -0.2) is 4.98 Å². The van der Waals surface area contributed by atoms with Crippen LogP contribution in [0.15, 0.2) is 65.7 Å². The second-order valence-electron chi connectivity index (χ2n) is 4.68. The van der Waals surface area contributed by atoms with Gasteiger partial charge in [-0.15, -0.1) is 0 Å². The predicted octanol–water partition coefficient (Wildman–Crippen LogP) is 3.76. The molecule has 0 atom stereocenters. The number of allylic oxidation sites excluding steroid dienone is 1. The van der Waals surface area contributed by atoms with Gasteiger partial charge in [0.1, 0.15) is 0 Å². The molecule has 3 aromatic rings. The summed E-state index contributed by atoms with van der Waals surface area (Å²) in [5.41, 5.74) is 1.69. The van der Waals surface area contributed by atoms with Crippen LogP contribution in [-0.4, -0.2) is 9.55 Å². The molecule has 0 radical (unpaired) electrons. The summed E-state index contributed by atoms with van der Waals surface area (Å²) in [4.78, 5) is 16.6. The number of rotatable bonds is 3. The Morgan fingerprint density at radius 2 is 2.00 bits per heavy atom. The van der Waals surface area contributed by atoms with Crippen molar-refractivity contribution in [1.82, 2.24) is 9.55 Å². The van der Waals surface area contributed by atoms with Crippen LogP contribution < -0.4 is 5.56 Å². The van der Waals surface area contributed by atoms with Gasteiger partial charge in [-0.3, -0.25) is 9.36 Å². The maximum absolute atomic E-state index is 12.3. The minimum absolute atomic E-state index is 0.0312. The molecule has 0 spiro atoms. The van der Waals surface area contributed by atoms with E-state index in [0.29, 0.717) is 17.0 Å². The third-order valence-electron chi connectivity index (χ3n) is 3.19. The fraction of sp³-hybridized carbons (Fsp3) is 0.0588. The van der Waals surface area contributed by atoms with Gasteiger partial charge in [0.15, 0.2) is 0 Å². The highest BCUT2D eigenvalue weighted by Gasteiger charge is 2.01. The smallest absolute Gasteiger partial charge is 0.261 e. The van der Waals surface area contributed by atoms with Crippen molar-refractivity contribution < 1.29 is 0 Å². The average Bonchev–Trinajstić information content (AvgIpc) is 2.50. The first-order chi connectivity index (χ1) is 10.2. The molecular formula is C17H13ClN2O. The fourth-order valence-corrected chi connectivity index (χ4v) is 2.35. The lowest BCUT2D eigenvalue weighted by Gasteiger charge is -2.03. The zero-order chi connectivity index (χ0) is 14.7. The summed E-state index contributed by atoms with van der Waals surface area (Å²) in [7, 11) is 0. The highest BCUT2D eigenvalue weighted by molar-refractivity contribution is 6.30. The maximum Gasteiger partial charge on any atom is 0.261 e. The van der Waals surface area contributed by atoms with E-state index in [1.54, 1.807) is 17.0 Å². The third-order valence-corrected chi connectivity index (χ3v) is 3.43. The Balaban J connectivity index is 1.85. The van der Waals surface area contributed by atoms with Crippen molar-refractivity contribution in [3.63, 3.8) is 0 Å². The van der Waals surface area contributed by atoms with E-state index in [1.165, 1.54) is 0 Å². The van der Waals surface area contributed by atoms with Crippen molar-refractivity contribution in [2.24, 2.45) is 0 Å². The van der Waals surface area contributed by atoms with Gasteiger partial charge in [0, 0.05) is 11.6 Å². The van der Waals surface area contributed by atoms with Crippen molar-refractivity contribution >= 4 is 28.6 Å². The monoisotopic (exact) mass is 296 g/mol. The number of fused-ring (bicyclic) bond motifs is 1. The molecule has 4 heteroatoms. The largest absolute Gasteiger partial charge is 0.295 e. The van der Waals surface area contributed by atoms with Gasteiger partial charge in [-0.2, -0.15) is 0 Å². The van der Waals surface area contributed by atoms with E-state index in [1.807, 2.05) is 54.6 Å². The van der Waals surface area contributed by atoms with Crippen molar-refractivity contribution in [3.05, 3.63) is 81.9 Å². The van der Waals surface area contributed by atoms with Crippen LogP contribution in [0.5, 0.6) is 0 Å². The Labute approximate surface area is 127 Å². The Morgan fingerprint density at radius 3 is 2.86 bits per heavy atom. The van der Waals surface area contributed by atoms with Gasteiger partial charge in [-0.1, -0.05) is 48.0 Å². The van der Waals surface area contributed by atoms with E-state index in [2.05, 4.69) is 4.98 Å². The quantitative estimate of drug-likeness (QED) is 0.737. The number of hydrogen-bond acceptors (Lipinski definition) is 2. The van der Waals surface area contributed by atoms with E-state index in [0.717, 1.165) is 11.1 Å². The van der Waals surface area contributed by atoms with Gasteiger partial charge in [0.05, 0.1) is 17.2 Å². The number of para-hydroxylation sites is 1. The lowest BCUT2D eigenvalue weighted by Crippen LogP contribution is -2.19. The lowest BCUT2D eigenvalue weighted by molar-refractivity contribution is 0.769. The summed E-state index contributed by atoms with van der Waals surface area (Å²) in [5, 5.41) is 1.33. The Hall–Kier alpha value is -2.39. The predicted molar refractivity (Wildman–Crippen MR) is 86.5 cm³/mol. The van der Waals surface area contributed by atoms with E-state index in [-0.39, 0.29) is 5.56 Å². The Bertz CT molecular complexity index is 868. The molecule has 0 N–H and O–H groups in total. The van der Waals surface area contributed by atoms with Crippen molar-refractivity contribution in [1.29, 1.82) is 0 Å². The van der Waals surface area contributed by atoms with Gasteiger partial charge < -0.3 is 0 Å². The van der Waals surface area contributed by atoms with Crippen LogP contribution in [0.25, 0.3) is 17.0 Å². The molecule has 1 aromatic heterocycles. The second-order valence-corrected chi connectivity index (χ2v) is 5.11. The molecule has 3 nitrogen and oxygen atoms in total. The molecule has 0 bridgehead atoms. The molecule has 0 amide bonds. The molecule has 0 unspecified atom stereocenters. The van der Waals surface area contributed by atoms with Crippen molar-refractivity contribution in [3.8, 4) is 0 Å². The molecule has 0 fully saturated rings. The zero-order valence-electron chi connectivity index (χ0n) is 11.2. The summed E-state index contributed by atoms with van der Waals surface area (Å²) in [6.07, 6.45) is 5.43. The number of halogens is 1. The maximum atomic E-state index is 12.3.